The Labute approximate surface area is 122 Å². The molecule has 2 N–H and O–H groups in total. The van der Waals surface area contributed by atoms with Crippen LogP contribution in [0.1, 0.15) is 11.6 Å². The predicted octanol–water partition coefficient (Wildman–Crippen LogP) is 2.20. The maximum atomic E-state index is 12.0. The first-order valence-electron chi connectivity index (χ1n) is 6.41. The van der Waals surface area contributed by atoms with Gasteiger partial charge in [0.25, 0.3) is 5.91 Å². The molecule has 0 spiro atoms. The largest absolute Gasteiger partial charge is 0.370 e. The summed E-state index contributed by atoms with van der Waals surface area (Å²) >= 11 is 0. The minimum atomic E-state index is -3.21. The number of hydrogen-bond acceptors (Lipinski definition) is 4. The fourth-order valence-electron chi connectivity index (χ4n) is 2.32. The molecule has 2 aromatic rings. The van der Waals surface area contributed by atoms with E-state index in [9.17, 15) is 13.2 Å². The van der Waals surface area contributed by atoms with Crippen LogP contribution in [0, 0.1) is 0 Å². The normalized spacial score (nSPS) is 17.2. The third-order valence-corrected chi connectivity index (χ3v) is 4.51. The average Bonchev–Trinajstić information content (AvgIpc) is 2.75. The van der Waals surface area contributed by atoms with E-state index in [1.165, 1.54) is 12.1 Å². The average molecular weight is 302 g/mol. The lowest BCUT2D eigenvalue weighted by molar-refractivity contribution is -0.116. The summed E-state index contributed by atoms with van der Waals surface area (Å²) in [6.45, 7) is 0. The summed E-state index contributed by atoms with van der Waals surface area (Å²) in [5.41, 5.74) is 2.38. The van der Waals surface area contributed by atoms with E-state index in [0.717, 1.165) is 17.5 Å². The number of para-hydroxylation sites is 1. The number of anilines is 2. The first-order chi connectivity index (χ1) is 9.95. The van der Waals surface area contributed by atoms with Crippen molar-refractivity contribution in [2.75, 3.05) is 16.9 Å². The quantitative estimate of drug-likeness (QED) is 0.911. The van der Waals surface area contributed by atoms with E-state index >= 15 is 0 Å². The number of sulfone groups is 1. The molecule has 0 aliphatic carbocycles. The van der Waals surface area contributed by atoms with Gasteiger partial charge in [-0.15, -0.1) is 0 Å². The van der Waals surface area contributed by atoms with Gasteiger partial charge in [0.15, 0.2) is 9.84 Å². The minimum absolute atomic E-state index is 0.122. The zero-order valence-corrected chi connectivity index (χ0v) is 12.1. The molecular formula is C15H14N2O3S. The second-order valence-corrected chi connectivity index (χ2v) is 6.97. The third-order valence-electron chi connectivity index (χ3n) is 3.39. The molecule has 1 aliphatic heterocycles. The van der Waals surface area contributed by atoms with Crippen LogP contribution < -0.4 is 10.6 Å². The molecular weight excluding hydrogens is 288 g/mol. The molecule has 0 aromatic heterocycles. The van der Waals surface area contributed by atoms with E-state index in [4.69, 9.17) is 0 Å². The topological polar surface area (TPSA) is 75.3 Å². The Morgan fingerprint density at radius 1 is 1.05 bits per heavy atom. The predicted molar refractivity (Wildman–Crippen MR) is 81.0 cm³/mol. The van der Waals surface area contributed by atoms with Gasteiger partial charge in [-0.25, -0.2) is 8.42 Å². The SMILES string of the molecule is CS(=O)(=O)c1ccc(NC2C(=O)Nc3ccccc32)cc1. The maximum absolute atomic E-state index is 12.0. The van der Waals surface area contributed by atoms with Gasteiger partial charge in [0, 0.05) is 23.2 Å². The molecule has 3 rings (SSSR count). The summed E-state index contributed by atoms with van der Waals surface area (Å²) in [5.74, 6) is -0.122. The molecule has 0 radical (unpaired) electrons. The van der Waals surface area contributed by atoms with Crippen molar-refractivity contribution in [1.82, 2.24) is 0 Å². The number of hydrogen-bond donors (Lipinski definition) is 2. The van der Waals surface area contributed by atoms with E-state index < -0.39 is 15.9 Å². The fraction of sp³-hybridized carbons (Fsp3) is 0.133. The van der Waals surface area contributed by atoms with Crippen LogP contribution in [0.3, 0.4) is 0 Å². The monoisotopic (exact) mass is 302 g/mol. The van der Waals surface area contributed by atoms with Crippen molar-refractivity contribution < 1.29 is 13.2 Å². The Morgan fingerprint density at radius 3 is 2.38 bits per heavy atom. The molecule has 1 amide bonds. The molecule has 6 heteroatoms. The van der Waals surface area contributed by atoms with E-state index in [-0.39, 0.29) is 10.8 Å². The van der Waals surface area contributed by atoms with Crippen LogP contribution in [-0.4, -0.2) is 20.6 Å². The number of rotatable bonds is 3. The van der Waals surface area contributed by atoms with E-state index in [1.807, 2.05) is 24.3 Å². The minimum Gasteiger partial charge on any atom is -0.370 e. The number of nitrogens with one attached hydrogen (secondary N) is 2. The van der Waals surface area contributed by atoms with Crippen molar-refractivity contribution in [3.05, 3.63) is 54.1 Å². The zero-order valence-electron chi connectivity index (χ0n) is 11.3. The van der Waals surface area contributed by atoms with Gasteiger partial charge in [0.1, 0.15) is 6.04 Å². The first kappa shape index (κ1) is 13.6. The summed E-state index contributed by atoms with van der Waals surface area (Å²) in [4.78, 5) is 12.2. The van der Waals surface area contributed by atoms with Crippen molar-refractivity contribution in [2.45, 2.75) is 10.9 Å². The van der Waals surface area contributed by atoms with Gasteiger partial charge in [0.05, 0.1) is 4.90 Å². The molecule has 1 unspecified atom stereocenters. The van der Waals surface area contributed by atoms with E-state index in [1.54, 1.807) is 12.1 Å². The molecule has 0 bridgehead atoms. The Hall–Kier alpha value is -2.34. The highest BCUT2D eigenvalue weighted by Crippen LogP contribution is 2.32. The van der Waals surface area contributed by atoms with Gasteiger partial charge in [-0.3, -0.25) is 4.79 Å². The van der Waals surface area contributed by atoms with Crippen LogP contribution in [0.5, 0.6) is 0 Å². The fourth-order valence-corrected chi connectivity index (χ4v) is 2.95. The Bertz CT molecular complexity index is 798. The highest BCUT2D eigenvalue weighted by molar-refractivity contribution is 7.90. The van der Waals surface area contributed by atoms with Crippen LogP contribution in [0.2, 0.25) is 0 Å². The van der Waals surface area contributed by atoms with Gasteiger partial charge in [-0.2, -0.15) is 0 Å². The van der Waals surface area contributed by atoms with E-state index in [2.05, 4.69) is 10.6 Å². The number of amides is 1. The molecule has 0 saturated heterocycles. The summed E-state index contributed by atoms with van der Waals surface area (Å²) in [6, 6.07) is 13.4. The lowest BCUT2D eigenvalue weighted by Crippen LogP contribution is -2.19. The number of carbonyl (C=O) groups is 1. The lowest BCUT2D eigenvalue weighted by Gasteiger charge is -2.13. The molecule has 1 atom stereocenters. The molecule has 5 nitrogen and oxygen atoms in total. The number of carbonyl (C=O) groups excluding carboxylic acids is 1. The molecule has 0 saturated carbocycles. The third kappa shape index (κ3) is 2.62. The van der Waals surface area contributed by atoms with Gasteiger partial charge in [-0.05, 0) is 30.3 Å². The Kier molecular flexibility index (Phi) is 3.17. The second kappa shape index (κ2) is 4.89. The molecule has 108 valence electrons. The number of fused-ring (bicyclic) bond motifs is 1. The summed E-state index contributed by atoms with van der Waals surface area (Å²) < 4.78 is 22.8. The van der Waals surface area contributed by atoms with Crippen molar-refractivity contribution in [2.24, 2.45) is 0 Å². The number of benzene rings is 2. The van der Waals surface area contributed by atoms with Crippen LogP contribution in [0.15, 0.2) is 53.4 Å². The van der Waals surface area contributed by atoms with Gasteiger partial charge < -0.3 is 10.6 Å². The second-order valence-electron chi connectivity index (χ2n) is 4.95. The van der Waals surface area contributed by atoms with Crippen molar-refractivity contribution in [3.8, 4) is 0 Å². The highest BCUT2D eigenvalue weighted by Gasteiger charge is 2.29. The summed E-state index contributed by atoms with van der Waals surface area (Å²) in [5, 5.41) is 5.92. The summed E-state index contributed by atoms with van der Waals surface area (Å²) in [6.07, 6.45) is 1.16. The first-order valence-corrected chi connectivity index (χ1v) is 8.31. The van der Waals surface area contributed by atoms with E-state index in [0.29, 0.717) is 5.69 Å². The van der Waals surface area contributed by atoms with Gasteiger partial charge >= 0.3 is 0 Å². The maximum Gasteiger partial charge on any atom is 0.251 e. The standard InChI is InChI=1S/C15H14N2O3S/c1-21(19,20)11-8-6-10(7-9-11)16-14-12-4-2-3-5-13(12)17-15(14)18/h2-9,14,16H,1H3,(H,17,18). The Balaban J connectivity index is 1.86. The van der Waals surface area contributed by atoms with Crippen molar-refractivity contribution >= 4 is 27.1 Å². The van der Waals surface area contributed by atoms with Crippen LogP contribution in [-0.2, 0) is 14.6 Å². The van der Waals surface area contributed by atoms with Crippen molar-refractivity contribution in [3.63, 3.8) is 0 Å². The molecule has 1 aliphatic rings. The lowest BCUT2D eigenvalue weighted by atomic mass is 10.1. The zero-order chi connectivity index (χ0) is 15.0. The Morgan fingerprint density at radius 2 is 1.71 bits per heavy atom. The van der Waals surface area contributed by atoms with Crippen molar-refractivity contribution in [1.29, 1.82) is 0 Å². The molecule has 21 heavy (non-hydrogen) atoms. The highest BCUT2D eigenvalue weighted by atomic mass is 32.2. The molecule has 1 heterocycles. The smallest absolute Gasteiger partial charge is 0.251 e. The van der Waals surface area contributed by atoms with Gasteiger partial charge in [0.2, 0.25) is 0 Å². The molecule has 0 fully saturated rings. The van der Waals surface area contributed by atoms with Gasteiger partial charge in [-0.1, -0.05) is 18.2 Å². The van der Waals surface area contributed by atoms with Crippen LogP contribution in [0.25, 0.3) is 0 Å². The molecule has 2 aromatic carbocycles. The van der Waals surface area contributed by atoms with Crippen LogP contribution in [0.4, 0.5) is 11.4 Å². The summed E-state index contributed by atoms with van der Waals surface area (Å²) in [7, 11) is -3.21. The van der Waals surface area contributed by atoms with Crippen LogP contribution >= 0.6 is 0 Å².